The van der Waals surface area contributed by atoms with Gasteiger partial charge in [0.05, 0.1) is 0 Å². The Labute approximate surface area is 80.5 Å². The van der Waals surface area contributed by atoms with Gasteiger partial charge in [0.2, 0.25) is 0 Å². The number of alkyl halides is 1. The van der Waals surface area contributed by atoms with E-state index in [-0.39, 0.29) is 0 Å². The third-order valence-corrected chi connectivity index (χ3v) is 3.34. The molecule has 0 saturated heterocycles. The molecule has 0 amide bonds. The fourth-order valence-corrected chi connectivity index (χ4v) is 2.44. The number of benzene rings is 1. The zero-order valence-electron chi connectivity index (χ0n) is 6.97. The van der Waals surface area contributed by atoms with E-state index in [0.29, 0.717) is 10.6 Å². The summed E-state index contributed by atoms with van der Waals surface area (Å²) in [5, 5.41) is 9.61. The monoisotopic (exact) mass is 226 g/mol. The summed E-state index contributed by atoms with van der Waals surface area (Å²) in [5.41, 5.74) is 3.53. The summed E-state index contributed by atoms with van der Waals surface area (Å²) in [6.45, 7) is 2.01. The van der Waals surface area contributed by atoms with Gasteiger partial charge in [-0.15, -0.1) is 0 Å². The van der Waals surface area contributed by atoms with Gasteiger partial charge < -0.3 is 5.11 Å². The minimum atomic E-state index is 0.443. The molecule has 1 aliphatic rings. The summed E-state index contributed by atoms with van der Waals surface area (Å²) in [7, 11) is 0. The van der Waals surface area contributed by atoms with E-state index in [4.69, 9.17) is 0 Å². The van der Waals surface area contributed by atoms with Crippen LogP contribution in [-0.2, 0) is 6.42 Å². The lowest BCUT2D eigenvalue weighted by atomic mass is 10.1. The van der Waals surface area contributed by atoms with Crippen LogP contribution in [0, 0.1) is 6.92 Å². The van der Waals surface area contributed by atoms with E-state index in [1.54, 1.807) is 0 Å². The molecular weight excluding hydrogens is 216 g/mol. The first-order valence-electron chi connectivity index (χ1n) is 4.15. The van der Waals surface area contributed by atoms with E-state index < -0.39 is 0 Å². The molecule has 2 rings (SSSR count). The van der Waals surface area contributed by atoms with Gasteiger partial charge in [-0.05, 0) is 42.5 Å². The Bertz CT molecular complexity index is 320. The normalized spacial score (nSPS) is 21.0. The topological polar surface area (TPSA) is 20.2 Å². The van der Waals surface area contributed by atoms with Crippen LogP contribution in [0.4, 0.5) is 0 Å². The second-order valence-corrected chi connectivity index (χ2v) is 4.46. The van der Waals surface area contributed by atoms with Crippen molar-refractivity contribution < 1.29 is 5.11 Å². The maximum Gasteiger partial charge on any atom is 0.119 e. The highest BCUT2D eigenvalue weighted by molar-refractivity contribution is 9.09. The number of phenols is 1. The molecule has 0 fully saturated rings. The molecule has 12 heavy (non-hydrogen) atoms. The van der Waals surface area contributed by atoms with Crippen LogP contribution in [-0.4, -0.2) is 5.11 Å². The van der Waals surface area contributed by atoms with Gasteiger partial charge in [-0.1, -0.05) is 22.0 Å². The van der Waals surface area contributed by atoms with Crippen LogP contribution in [0.2, 0.25) is 0 Å². The summed E-state index contributed by atoms with van der Waals surface area (Å²) in [4.78, 5) is 0.443. The van der Waals surface area contributed by atoms with Crippen LogP contribution in [0.1, 0.15) is 27.9 Å². The van der Waals surface area contributed by atoms with Crippen LogP contribution in [0.25, 0.3) is 0 Å². The molecule has 64 valence electrons. The van der Waals surface area contributed by atoms with E-state index in [0.717, 1.165) is 24.0 Å². The Morgan fingerprint density at radius 1 is 1.50 bits per heavy atom. The molecule has 1 aromatic rings. The van der Waals surface area contributed by atoms with Crippen LogP contribution < -0.4 is 0 Å². The number of rotatable bonds is 0. The average Bonchev–Trinajstić information content (AvgIpc) is 2.33. The molecule has 0 aromatic heterocycles. The first-order valence-corrected chi connectivity index (χ1v) is 5.06. The molecular formula is C10H11BrO. The van der Waals surface area contributed by atoms with Gasteiger partial charge in [-0.25, -0.2) is 0 Å². The van der Waals surface area contributed by atoms with Crippen molar-refractivity contribution >= 4 is 15.9 Å². The molecule has 1 aromatic carbocycles. The maximum absolute atomic E-state index is 9.61. The summed E-state index contributed by atoms with van der Waals surface area (Å²) < 4.78 is 0. The fourth-order valence-electron chi connectivity index (χ4n) is 1.80. The number of halogens is 1. The first-order chi connectivity index (χ1) is 5.68. The van der Waals surface area contributed by atoms with Gasteiger partial charge in [0.25, 0.3) is 0 Å². The highest BCUT2D eigenvalue weighted by Gasteiger charge is 2.22. The Morgan fingerprint density at radius 3 is 3.00 bits per heavy atom. The van der Waals surface area contributed by atoms with E-state index in [2.05, 4.69) is 22.0 Å². The van der Waals surface area contributed by atoms with E-state index in [1.165, 1.54) is 5.56 Å². The smallest absolute Gasteiger partial charge is 0.119 e. The standard InChI is InChI=1S/C10H11BrO/c1-6-4-8-7(10(12)5-6)2-3-9(8)11/h4-5,9,12H,2-3H2,1H3. The van der Waals surface area contributed by atoms with Crippen molar-refractivity contribution in [2.75, 3.05) is 0 Å². The molecule has 2 heteroatoms. The van der Waals surface area contributed by atoms with Crippen molar-refractivity contribution in [3.8, 4) is 5.75 Å². The fraction of sp³-hybridized carbons (Fsp3) is 0.400. The molecule has 0 radical (unpaired) electrons. The van der Waals surface area contributed by atoms with Crippen LogP contribution in [0.3, 0.4) is 0 Å². The molecule has 0 saturated carbocycles. The average molecular weight is 227 g/mol. The predicted molar refractivity (Wildman–Crippen MR) is 52.8 cm³/mol. The van der Waals surface area contributed by atoms with Crippen molar-refractivity contribution in [2.45, 2.75) is 24.6 Å². The number of hydrogen-bond acceptors (Lipinski definition) is 1. The lowest BCUT2D eigenvalue weighted by Gasteiger charge is -2.05. The van der Waals surface area contributed by atoms with Crippen LogP contribution in [0.15, 0.2) is 12.1 Å². The first kappa shape index (κ1) is 8.11. The van der Waals surface area contributed by atoms with Crippen molar-refractivity contribution in [3.63, 3.8) is 0 Å². The van der Waals surface area contributed by atoms with E-state index in [1.807, 2.05) is 13.0 Å². The van der Waals surface area contributed by atoms with Gasteiger partial charge in [0.15, 0.2) is 0 Å². The Balaban J connectivity index is 2.60. The zero-order valence-corrected chi connectivity index (χ0v) is 8.56. The molecule has 0 heterocycles. The molecule has 1 unspecified atom stereocenters. The minimum absolute atomic E-state index is 0.443. The highest BCUT2D eigenvalue weighted by atomic mass is 79.9. The van der Waals surface area contributed by atoms with Gasteiger partial charge >= 0.3 is 0 Å². The van der Waals surface area contributed by atoms with Gasteiger partial charge in [-0.2, -0.15) is 0 Å². The summed E-state index contributed by atoms with van der Waals surface area (Å²) in [6, 6.07) is 3.99. The number of aromatic hydroxyl groups is 1. The third kappa shape index (κ3) is 1.14. The lowest BCUT2D eigenvalue weighted by molar-refractivity contribution is 0.468. The quantitative estimate of drug-likeness (QED) is 0.675. The van der Waals surface area contributed by atoms with Crippen molar-refractivity contribution in [1.29, 1.82) is 0 Å². The summed E-state index contributed by atoms with van der Waals surface area (Å²) >= 11 is 3.59. The number of fused-ring (bicyclic) bond motifs is 1. The highest BCUT2D eigenvalue weighted by Crippen LogP contribution is 2.41. The van der Waals surface area contributed by atoms with Gasteiger partial charge in [0.1, 0.15) is 5.75 Å². The van der Waals surface area contributed by atoms with Gasteiger partial charge in [-0.3, -0.25) is 0 Å². The molecule has 0 aliphatic heterocycles. The molecule has 1 nitrogen and oxygen atoms in total. The predicted octanol–water partition coefficient (Wildman–Crippen LogP) is 3.08. The molecule has 1 aliphatic carbocycles. The third-order valence-electron chi connectivity index (χ3n) is 2.39. The van der Waals surface area contributed by atoms with Crippen LogP contribution in [0.5, 0.6) is 5.75 Å². The largest absolute Gasteiger partial charge is 0.508 e. The summed E-state index contributed by atoms with van der Waals surface area (Å²) in [5.74, 6) is 0.465. The minimum Gasteiger partial charge on any atom is -0.508 e. The molecule has 0 spiro atoms. The zero-order chi connectivity index (χ0) is 8.72. The number of aryl methyl sites for hydroxylation is 1. The maximum atomic E-state index is 9.61. The SMILES string of the molecule is Cc1cc(O)c2c(c1)C(Br)CC2. The van der Waals surface area contributed by atoms with Gasteiger partial charge in [0, 0.05) is 4.83 Å². The van der Waals surface area contributed by atoms with E-state index in [9.17, 15) is 5.11 Å². The Morgan fingerprint density at radius 2 is 2.25 bits per heavy atom. The van der Waals surface area contributed by atoms with E-state index >= 15 is 0 Å². The Kier molecular flexibility index (Phi) is 1.87. The summed E-state index contributed by atoms with van der Waals surface area (Å²) in [6.07, 6.45) is 2.10. The Hall–Kier alpha value is -0.500. The molecule has 1 N–H and O–H groups in total. The van der Waals surface area contributed by atoms with Crippen LogP contribution >= 0.6 is 15.9 Å². The van der Waals surface area contributed by atoms with Crippen molar-refractivity contribution in [3.05, 3.63) is 28.8 Å². The molecule has 0 bridgehead atoms. The lowest BCUT2D eigenvalue weighted by Crippen LogP contribution is -1.86. The van der Waals surface area contributed by atoms with Crippen molar-refractivity contribution in [1.82, 2.24) is 0 Å². The number of hydrogen-bond donors (Lipinski definition) is 1. The molecule has 1 atom stereocenters. The number of phenolic OH excluding ortho intramolecular Hbond substituents is 1. The second kappa shape index (κ2) is 2.77. The van der Waals surface area contributed by atoms with Crippen molar-refractivity contribution in [2.24, 2.45) is 0 Å². The second-order valence-electron chi connectivity index (χ2n) is 3.36.